The molecule has 2 rings (SSSR count). The average Bonchev–Trinajstić information content (AvgIpc) is 2.88. The van der Waals surface area contributed by atoms with E-state index in [1.54, 1.807) is 17.7 Å². The van der Waals surface area contributed by atoms with Crippen molar-refractivity contribution in [1.29, 1.82) is 0 Å². The minimum Gasteiger partial charge on any atom is -0.324 e. The van der Waals surface area contributed by atoms with E-state index in [4.69, 9.17) is 4.52 Å². The number of nitrogens with zero attached hydrogens (tertiary/aromatic N) is 1. The first kappa shape index (κ1) is 23.1. The molecule has 1 aliphatic carbocycles. The van der Waals surface area contributed by atoms with Crippen molar-refractivity contribution in [2.24, 2.45) is 17.8 Å². The zero-order valence-corrected chi connectivity index (χ0v) is 18.7. The maximum atomic E-state index is 12.7. The second kappa shape index (κ2) is 8.68. The standard InChI is InChI=1S/C20H35N2O5P/c1-7-13(3)28(25,26)27-20(6,8-2)12-16-11-17(15(5)14(16)4)22-10-9-18(23)21-19(22)24/h9-10,13-17H,7-8,11-12H2,1-6H3,(H,25,26)(H,21,23,24). The molecule has 8 heteroatoms. The molecule has 0 radical (unpaired) electrons. The van der Waals surface area contributed by atoms with Crippen molar-refractivity contribution in [3.05, 3.63) is 33.1 Å². The van der Waals surface area contributed by atoms with E-state index >= 15 is 0 Å². The van der Waals surface area contributed by atoms with E-state index in [1.165, 1.54) is 6.07 Å². The van der Waals surface area contributed by atoms with Gasteiger partial charge in [-0.3, -0.25) is 18.9 Å². The third-order valence-electron chi connectivity index (χ3n) is 6.87. The highest BCUT2D eigenvalue weighted by atomic mass is 31.2. The summed E-state index contributed by atoms with van der Waals surface area (Å²) < 4.78 is 20.1. The van der Waals surface area contributed by atoms with E-state index in [-0.39, 0.29) is 23.6 Å². The molecule has 7 unspecified atom stereocenters. The van der Waals surface area contributed by atoms with Gasteiger partial charge in [0.05, 0.1) is 11.3 Å². The van der Waals surface area contributed by atoms with Gasteiger partial charge in [-0.05, 0) is 50.4 Å². The zero-order chi connectivity index (χ0) is 21.3. The van der Waals surface area contributed by atoms with Crippen LogP contribution in [0.1, 0.15) is 73.3 Å². The Morgan fingerprint density at radius 2 is 2.00 bits per heavy atom. The Labute approximate surface area is 167 Å². The number of hydrogen-bond acceptors (Lipinski definition) is 4. The van der Waals surface area contributed by atoms with Crippen LogP contribution in [0.25, 0.3) is 0 Å². The number of nitrogens with one attached hydrogen (secondary N) is 1. The van der Waals surface area contributed by atoms with Crippen LogP contribution in [-0.4, -0.2) is 25.7 Å². The molecule has 160 valence electrons. The lowest BCUT2D eigenvalue weighted by Gasteiger charge is -2.35. The van der Waals surface area contributed by atoms with Gasteiger partial charge >= 0.3 is 13.3 Å². The molecule has 1 saturated carbocycles. The third kappa shape index (κ3) is 4.87. The summed E-state index contributed by atoms with van der Waals surface area (Å²) in [5.74, 6) is 0.811. The van der Waals surface area contributed by atoms with Crippen molar-refractivity contribution in [1.82, 2.24) is 9.55 Å². The van der Waals surface area contributed by atoms with Crippen LogP contribution in [0.2, 0.25) is 0 Å². The number of hydrogen-bond donors (Lipinski definition) is 2. The molecule has 7 atom stereocenters. The van der Waals surface area contributed by atoms with Crippen LogP contribution in [0.15, 0.2) is 21.9 Å². The Morgan fingerprint density at radius 3 is 2.54 bits per heavy atom. The highest BCUT2D eigenvalue weighted by Crippen LogP contribution is 2.55. The molecule has 0 amide bonds. The Balaban J connectivity index is 2.21. The molecule has 1 aliphatic rings. The van der Waals surface area contributed by atoms with Crippen molar-refractivity contribution >= 4 is 7.60 Å². The molecule has 1 aromatic heterocycles. The van der Waals surface area contributed by atoms with E-state index in [1.807, 2.05) is 20.8 Å². The van der Waals surface area contributed by atoms with Crippen molar-refractivity contribution in [3.8, 4) is 0 Å². The Bertz CT molecular complexity index is 834. The summed E-state index contributed by atoms with van der Waals surface area (Å²) in [6.45, 7) is 11.8. The fourth-order valence-corrected chi connectivity index (χ4v) is 5.76. The number of aromatic amines is 1. The second-order valence-corrected chi connectivity index (χ2v) is 10.9. The van der Waals surface area contributed by atoms with E-state index in [2.05, 4.69) is 18.8 Å². The molecule has 0 saturated heterocycles. The molecule has 1 fully saturated rings. The monoisotopic (exact) mass is 414 g/mol. The van der Waals surface area contributed by atoms with Crippen molar-refractivity contribution in [2.75, 3.05) is 0 Å². The average molecular weight is 414 g/mol. The summed E-state index contributed by atoms with van der Waals surface area (Å²) in [6, 6.07) is 1.36. The van der Waals surface area contributed by atoms with Crippen LogP contribution in [-0.2, 0) is 9.09 Å². The van der Waals surface area contributed by atoms with Crippen LogP contribution in [0.4, 0.5) is 0 Å². The van der Waals surface area contributed by atoms with Gasteiger partial charge in [-0.1, -0.05) is 34.6 Å². The topological polar surface area (TPSA) is 101 Å². The van der Waals surface area contributed by atoms with Gasteiger partial charge in [0.1, 0.15) is 0 Å². The van der Waals surface area contributed by atoms with Gasteiger partial charge in [0, 0.05) is 18.3 Å². The van der Waals surface area contributed by atoms with E-state index < -0.39 is 24.4 Å². The molecule has 0 aliphatic heterocycles. The van der Waals surface area contributed by atoms with Crippen molar-refractivity contribution in [2.45, 2.75) is 84.5 Å². The molecule has 0 aromatic carbocycles. The summed E-state index contributed by atoms with van der Waals surface area (Å²) >= 11 is 0. The number of aromatic nitrogens is 2. The molecule has 28 heavy (non-hydrogen) atoms. The fourth-order valence-electron chi connectivity index (χ4n) is 4.28. The molecular formula is C20H35N2O5P. The summed E-state index contributed by atoms with van der Waals surface area (Å²) in [7, 11) is -3.70. The Hall–Kier alpha value is -1.17. The highest BCUT2D eigenvalue weighted by Gasteiger charge is 2.44. The van der Waals surface area contributed by atoms with Crippen LogP contribution >= 0.6 is 7.60 Å². The maximum absolute atomic E-state index is 12.7. The lowest BCUT2D eigenvalue weighted by molar-refractivity contribution is 0.0360. The van der Waals surface area contributed by atoms with Gasteiger partial charge in [0.25, 0.3) is 5.56 Å². The summed E-state index contributed by atoms with van der Waals surface area (Å²) in [5.41, 5.74) is -1.88. The summed E-state index contributed by atoms with van der Waals surface area (Å²) in [6.07, 6.45) is 4.21. The van der Waals surface area contributed by atoms with Gasteiger partial charge in [-0.15, -0.1) is 0 Å². The first-order valence-electron chi connectivity index (χ1n) is 10.3. The van der Waals surface area contributed by atoms with Crippen molar-refractivity contribution in [3.63, 3.8) is 0 Å². The first-order chi connectivity index (χ1) is 12.9. The van der Waals surface area contributed by atoms with E-state index in [9.17, 15) is 19.0 Å². The third-order valence-corrected chi connectivity index (χ3v) is 9.05. The molecule has 0 bridgehead atoms. The Kier molecular flexibility index (Phi) is 7.17. The molecule has 1 aromatic rings. The van der Waals surface area contributed by atoms with Crippen LogP contribution in [0.5, 0.6) is 0 Å². The fraction of sp³-hybridized carbons (Fsp3) is 0.800. The molecular weight excluding hydrogens is 379 g/mol. The van der Waals surface area contributed by atoms with Gasteiger partial charge in [0.2, 0.25) is 0 Å². The minimum atomic E-state index is -3.70. The summed E-state index contributed by atoms with van der Waals surface area (Å²) in [5, 5.41) is 0. The normalized spacial score (nSPS) is 30.5. The largest absolute Gasteiger partial charge is 0.331 e. The number of H-pyrrole nitrogens is 1. The molecule has 1 heterocycles. The van der Waals surface area contributed by atoms with Gasteiger partial charge in [0.15, 0.2) is 0 Å². The van der Waals surface area contributed by atoms with Crippen molar-refractivity contribution < 1.29 is 14.0 Å². The second-order valence-electron chi connectivity index (χ2n) is 8.72. The van der Waals surface area contributed by atoms with E-state index in [0.717, 1.165) is 6.42 Å². The summed E-state index contributed by atoms with van der Waals surface area (Å²) in [4.78, 5) is 36.3. The lowest BCUT2D eigenvalue weighted by Crippen LogP contribution is -2.32. The number of rotatable bonds is 8. The molecule has 7 nitrogen and oxygen atoms in total. The van der Waals surface area contributed by atoms with Gasteiger partial charge in [-0.25, -0.2) is 4.79 Å². The molecule has 2 N–H and O–H groups in total. The first-order valence-corrected chi connectivity index (χ1v) is 11.9. The van der Waals surface area contributed by atoms with Gasteiger partial charge < -0.3 is 9.42 Å². The smallest absolute Gasteiger partial charge is 0.324 e. The zero-order valence-electron chi connectivity index (χ0n) is 17.8. The molecule has 0 spiro atoms. The predicted molar refractivity (Wildman–Crippen MR) is 111 cm³/mol. The quantitative estimate of drug-likeness (QED) is 0.628. The highest BCUT2D eigenvalue weighted by molar-refractivity contribution is 7.53. The lowest BCUT2D eigenvalue weighted by atomic mass is 9.83. The predicted octanol–water partition coefficient (Wildman–Crippen LogP) is 3.93. The maximum Gasteiger partial charge on any atom is 0.331 e. The Morgan fingerprint density at radius 1 is 1.36 bits per heavy atom. The SMILES string of the molecule is CCC(C)P(=O)(O)OC(C)(CC)CC1CC(n2ccc(=O)[nH]c2=O)C(C)C1C. The van der Waals surface area contributed by atoms with E-state index in [0.29, 0.717) is 25.2 Å². The van der Waals surface area contributed by atoms with Gasteiger partial charge in [-0.2, -0.15) is 0 Å². The van der Waals surface area contributed by atoms with Crippen LogP contribution in [0.3, 0.4) is 0 Å². The minimum absolute atomic E-state index is 0.0130. The van der Waals surface area contributed by atoms with Crippen LogP contribution in [0, 0.1) is 17.8 Å². The van der Waals surface area contributed by atoms with Crippen LogP contribution < -0.4 is 11.2 Å².